The maximum absolute atomic E-state index is 6.25. The molecule has 0 spiro atoms. The third-order valence-electron chi connectivity index (χ3n) is 3.11. The van der Waals surface area contributed by atoms with Gasteiger partial charge in [0.05, 0.1) is 12.6 Å². The molecule has 0 saturated carbocycles. The second-order valence-electron chi connectivity index (χ2n) is 4.29. The van der Waals surface area contributed by atoms with Gasteiger partial charge in [-0.05, 0) is 30.5 Å². The molecular weight excluding hydrogens is 224 g/mol. The van der Waals surface area contributed by atoms with Gasteiger partial charge in [0.15, 0.2) is 0 Å². The molecule has 0 aliphatic carbocycles. The molecule has 16 heavy (non-hydrogen) atoms. The van der Waals surface area contributed by atoms with Crippen molar-refractivity contribution in [2.45, 2.75) is 19.4 Å². The molecule has 0 radical (unpaired) electrons. The van der Waals surface area contributed by atoms with E-state index in [1.54, 1.807) is 0 Å². The van der Waals surface area contributed by atoms with E-state index in [1.165, 1.54) is 0 Å². The number of halogens is 1. The lowest BCUT2D eigenvalue weighted by molar-refractivity contribution is 0.177. The summed E-state index contributed by atoms with van der Waals surface area (Å²) in [5.41, 5.74) is 5.08. The summed E-state index contributed by atoms with van der Waals surface area (Å²) in [6.45, 7) is 3.59. The highest BCUT2D eigenvalue weighted by molar-refractivity contribution is 6.31. The molecule has 3 N–H and O–H groups in total. The number of benzene rings is 1. The Morgan fingerprint density at radius 1 is 1.56 bits per heavy atom. The monoisotopic (exact) mass is 240 g/mol. The van der Waals surface area contributed by atoms with E-state index in [2.05, 4.69) is 11.5 Å². The quantitative estimate of drug-likeness (QED) is 0.629. The number of nitrogens with two attached hydrogens (primary N) is 1. The van der Waals surface area contributed by atoms with Crippen molar-refractivity contribution in [3.8, 4) is 0 Å². The van der Waals surface area contributed by atoms with Gasteiger partial charge >= 0.3 is 0 Å². The molecule has 0 amide bonds. The molecule has 1 aromatic carbocycles. The van der Waals surface area contributed by atoms with E-state index in [9.17, 15) is 0 Å². The fraction of sp³-hybridized carbons (Fsp3) is 0.500. The van der Waals surface area contributed by atoms with Crippen LogP contribution in [-0.2, 0) is 4.74 Å². The molecule has 88 valence electrons. The van der Waals surface area contributed by atoms with Gasteiger partial charge in [0.1, 0.15) is 0 Å². The number of hydrogen-bond acceptors (Lipinski definition) is 3. The zero-order valence-corrected chi connectivity index (χ0v) is 10.1. The van der Waals surface area contributed by atoms with E-state index < -0.39 is 0 Å². The van der Waals surface area contributed by atoms with Gasteiger partial charge in [-0.2, -0.15) is 0 Å². The van der Waals surface area contributed by atoms with Gasteiger partial charge in [-0.15, -0.1) is 0 Å². The summed E-state index contributed by atoms with van der Waals surface area (Å²) in [5, 5.41) is 0.773. The van der Waals surface area contributed by atoms with Gasteiger partial charge in [-0.1, -0.05) is 23.7 Å². The van der Waals surface area contributed by atoms with E-state index in [0.717, 1.165) is 35.8 Å². The summed E-state index contributed by atoms with van der Waals surface area (Å²) in [4.78, 5) is 0. The maximum Gasteiger partial charge on any atom is 0.0525 e. The van der Waals surface area contributed by atoms with Crippen LogP contribution >= 0.6 is 11.6 Å². The van der Waals surface area contributed by atoms with Gasteiger partial charge in [0.2, 0.25) is 0 Å². The highest BCUT2D eigenvalue weighted by Crippen LogP contribution is 2.32. The fourth-order valence-corrected chi connectivity index (χ4v) is 2.53. The van der Waals surface area contributed by atoms with Crippen molar-refractivity contribution in [3.05, 3.63) is 34.3 Å². The Hall–Kier alpha value is -0.610. The number of nitrogens with one attached hydrogen (secondary N) is 1. The molecule has 2 rings (SSSR count). The number of rotatable bonds is 3. The van der Waals surface area contributed by atoms with Crippen LogP contribution in [0.4, 0.5) is 0 Å². The second-order valence-corrected chi connectivity index (χ2v) is 4.70. The van der Waals surface area contributed by atoms with Gasteiger partial charge in [-0.3, -0.25) is 11.3 Å². The van der Waals surface area contributed by atoms with Crippen LogP contribution in [0.5, 0.6) is 0 Å². The first-order valence-corrected chi connectivity index (χ1v) is 5.90. The Kier molecular flexibility index (Phi) is 3.82. The number of ether oxygens (including phenoxy) is 1. The van der Waals surface area contributed by atoms with Crippen molar-refractivity contribution in [1.82, 2.24) is 5.43 Å². The van der Waals surface area contributed by atoms with Crippen LogP contribution in [0.15, 0.2) is 18.2 Å². The fourth-order valence-electron chi connectivity index (χ4n) is 2.18. The van der Waals surface area contributed by atoms with Gasteiger partial charge in [0, 0.05) is 17.5 Å². The molecule has 1 saturated heterocycles. The van der Waals surface area contributed by atoms with Crippen molar-refractivity contribution in [2.24, 2.45) is 11.8 Å². The minimum atomic E-state index is 0.0793. The predicted molar refractivity (Wildman–Crippen MR) is 65.2 cm³/mol. The average Bonchev–Trinajstić information content (AvgIpc) is 2.75. The van der Waals surface area contributed by atoms with Crippen LogP contribution < -0.4 is 11.3 Å². The number of aryl methyl sites for hydroxylation is 1. The van der Waals surface area contributed by atoms with Crippen LogP contribution in [0, 0.1) is 12.8 Å². The Bertz CT molecular complexity index is 364. The molecule has 1 aromatic rings. The lowest BCUT2D eigenvalue weighted by Crippen LogP contribution is -2.34. The summed E-state index contributed by atoms with van der Waals surface area (Å²) in [6, 6.07) is 6.15. The van der Waals surface area contributed by atoms with Crippen LogP contribution in [0.3, 0.4) is 0 Å². The lowest BCUT2D eigenvalue weighted by Gasteiger charge is -2.23. The van der Waals surface area contributed by atoms with E-state index in [1.807, 2.05) is 19.1 Å². The van der Waals surface area contributed by atoms with Crippen molar-refractivity contribution in [2.75, 3.05) is 13.2 Å². The molecule has 4 heteroatoms. The van der Waals surface area contributed by atoms with E-state index in [0.29, 0.717) is 5.92 Å². The van der Waals surface area contributed by atoms with E-state index in [4.69, 9.17) is 22.2 Å². The standard InChI is InChI=1S/C12H17ClN2O/c1-8-2-3-10(11(13)6-8)12(15-14)9-4-5-16-7-9/h2-3,6,9,12,15H,4-5,7,14H2,1H3. The first-order chi connectivity index (χ1) is 7.72. The highest BCUT2D eigenvalue weighted by atomic mass is 35.5. The van der Waals surface area contributed by atoms with E-state index in [-0.39, 0.29) is 6.04 Å². The average molecular weight is 241 g/mol. The molecule has 2 atom stereocenters. The molecular formula is C12H17ClN2O. The topological polar surface area (TPSA) is 47.3 Å². The van der Waals surface area contributed by atoms with Gasteiger partial charge < -0.3 is 4.74 Å². The number of hydrogen-bond donors (Lipinski definition) is 2. The minimum Gasteiger partial charge on any atom is -0.381 e. The molecule has 0 aromatic heterocycles. The smallest absolute Gasteiger partial charge is 0.0525 e. The summed E-state index contributed by atoms with van der Waals surface area (Å²) < 4.78 is 5.39. The third-order valence-corrected chi connectivity index (χ3v) is 3.43. The maximum atomic E-state index is 6.25. The van der Waals surface area contributed by atoms with Crippen LogP contribution in [0.2, 0.25) is 5.02 Å². The normalized spacial score (nSPS) is 22.3. The van der Waals surface area contributed by atoms with E-state index >= 15 is 0 Å². The Balaban J connectivity index is 2.25. The zero-order chi connectivity index (χ0) is 11.5. The van der Waals surface area contributed by atoms with Crippen molar-refractivity contribution in [1.29, 1.82) is 0 Å². The summed E-state index contributed by atoms with van der Waals surface area (Å²) in [6.07, 6.45) is 1.03. The van der Waals surface area contributed by atoms with Crippen LogP contribution in [0.25, 0.3) is 0 Å². The first-order valence-electron chi connectivity index (χ1n) is 5.52. The molecule has 1 aliphatic rings. The largest absolute Gasteiger partial charge is 0.381 e. The summed E-state index contributed by atoms with van der Waals surface area (Å²) in [5.74, 6) is 6.03. The lowest BCUT2D eigenvalue weighted by atomic mass is 9.92. The first kappa shape index (κ1) is 11.9. The number of hydrazine groups is 1. The highest BCUT2D eigenvalue weighted by Gasteiger charge is 2.27. The zero-order valence-electron chi connectivity index (χ0n) is 9.37. The molecule has 0 bridgehead atoms. The molecule has 1 aliphatic heterocycles. The van der Waals surface area contributed by atoms with Crippen molar-refractivity contribution < 1.29 is 4.74 Å². The molecule has 3 nitrogen and oxygen atoms in total. The second kappa shape index (κ2) is 5.15. The SMILES string of the molecule is Cc1ccc(C(NN)C2CCOC2)c(Cl)c1. The van der Waals surface area contributed by atoms with Crippen molar-refractivity contribution in [3.63, 3.8) is 0 Å². The summed E-state index contributed by atoms with van der Waals surface area (Å²) in [7, 11) is 0. The molecule has 1 fully saturated rings. The third kappa shape index (κ3) is 2.38. The van der Waals surface area contributed by atoms with Crippen molar-refractivity contribution >= 4 is 11.6 Å². The van der Waals surface area contributed by atoms with Crippen LogP contribution in [0.1, 0.15) is 23.6 Å². The summed E-state index contributed by atoms with van der Waals surface area (Å²) >= 11 is 6.25. The predicted octanol–water partition coefficient (Wildman–Crippen LogP) is 2.19. The van der Waals surface area contributed by atoms with Crippen LogP contribution in [-0.4, -0.2) is 13.2 Å². The molecule has 2 unspecified atom stereocenters. The Morgan fingerprint density at radius 3 is 2.94 bits per heavy atom. The van der Waals surface area contributed by atoms with Gasteiger partial charge in [-0.25, -0.2) is 0 Å². The minimum absolute atomic E-state index is 0.0793. The molecule has 1 heterocycles. The Labute approximate surface area is 101 Å². The van der Waals surface area contributed by atoms with Gasteiger partial charge in [0.25, 0.3) is 0 Å². The Morgan fingerprint density at radius 2 is 2.38 bits per heavy atom.